The van der Waals surface area contributed by atoms with Gasteiger partial charge >= 0.3 is 0 Å². The highest BCUT2D eigenvalue weighted by atomic mass is 127. The molecule has 0 spiro atoms. The molecular weight excluding hydrogens is 337 g/mol. The van der Waals surface area contributed by atoms with E-state index in [1.807, 2.05) is 48.5 Å². The highest BCUT2D eigenvalue weighted by Gasteiger charge is 2.07. The van der Waals surface area contributed by atoms with Crippen molar-refractivity contribution in [2.24, 2.45) is 0 Å². The monoisotopic (exact) mass is 349 g/mol. The van der Waals surface area contributed by atoms with Gasteiger partial charge in [0.2, 0.25) is 0 Å². The number of benzene rings is 1. The molecule has 2 rings (SSSR count). The van der Waals surface area contributed by atoms with Gasteiger partial charge in [-0.25, -0.2) is 0 Å². The predicted molar refractivity (Wildman–Crippen MR) is 81.9 cm³/mol. The number of nitrogens with zero attached hydrogens (tertiary/aromatic N) is 1. The van der Waals surface area contributed by atoms with Gasteiger partial charge in [-0.15, -0.1) is 0 Å². The Morgan fingerprint density at radius 2 is 1.89 bits per heavy atom. The first-order valence-corrected chi connectivity index (χ1v) is 6.64. The molecule has 90 valence electrons. The zero-order chi connectivity index (χ0) is 13.0. The Bertz CT molecular complexity index is 573. The highest BCUT2D eigenvalue weighted by Crippen LogP contribution is 2.18. The maximum Gasteiger partial charge on any atom is 0.161 e. The second-order valence-corrected chi connectivity index (χ2v) is 5.13. The lowest BCUT2D eigenvalue weighted by Gasteiger charge is -2.03. The topological polar surface area (TPSA) is 30.0 Å². The number of aromatic nitrogens is 1. The Balaban J connectivity index is 2.43. The number of pyridine rings is 1. The summed E-state index contributed by atoms with van der Waals surface area (Å²) in [7, 11) is 0. The smallest absolute Gasteiger partial charge is 0.161 e. The normalized spacial score (nSPS) is 11.3. The van der Waals surface area contributed by atoms with E-state index in [9.17, 15) is 4.79 Å². The van der Waals surface area contributed by atoms with Gasteiger partial charge in [0.05, 0.1) is 5.69 Å². The van der Waals surface area contributed by atoms with Gasteiger partial charge in [-0.05, 0) is 65.4 Å². The number of rotatable bonds is 3. The molecule has 0 radical (unpaired) electrons. The summed E-state index contributed by atoms with van der Waals surface area (Å²) in [5.74, 6) is 0.0206. The molecule has 0 saturated carbocycles. The zero-order valence-electron chi connectivity index (χ0n) is 9.93. The van der Waals surface area contributed by atoms with Crippen molar-refractivity contribution in [1.29, 1.82) is 0 Å². The lowest BCUT2D eigenvalue weighted by atomic mass is 10.0. The maximum atomic E-state index is 11.7. The molecule has 0 saturated heterocycles. The molecule has 0 bridgehead atoms. The molecule has 2 aromatic rings. The molecule has 3 heteroatoms. The van der Waals surface area contributed by atoms with Gasteiger partial charge < -0.3 is 0 Å². The number of allylic oxidation sites excluding steroid dienone is 1. The second-order valence-electron chi connectivity index (χ2n) is 3.88. The molecule has 1 heterocycles. The van der Waals surface area contributed by atoms with Gasteiger partial charge in [0, 0.05) is 15.3 Å². The molecule has 2 nitrogen and oxygen atoms in total. The lowest BCUT2D eigenvalue weighted by molar-refractivity contribution is -0.111. The molecule has 0 aliphatic carbocycles. The van der Waals surface area contributed by atoms with E-state index in [1.165, 1.54) is 3.57 Å². The van der Waals surface area contributed by atoms with Crippen molar-refractivity contribution in [2.75, 3.05) is 0 Å². The maximum absolute atomic E-state index is 11.7. The number of hydrogen-bond acceptors (Lipinski definition) is 2. The van der Waals surface area contributed by atoms with Crippen LogP contribution < -0.4 is 0 Å². The zero-order valence-corrected chi connectivity index (χ0v) is 12.1. The van der Waals surface area contributed by atoms with Crippen LogP contribution in [0.4, 0.5) is 0 Å². The minimum Gasteiger partial charge on any atom is -0.294 e. The molecule has 0 aliphatic rings. The average molecular weight is 349 g/mol. The fourth-order valence-electron chi connectivity index (χ4n) is 1.60. The van der Waals surface area contributed by atoms with Crippen LogP contribution in [-0.2, 0) is 4.79 Å². The van der Waals surface area contributed by atoms with Crippen molar-refractivity contribution in [3.63, 3.8) is 0 Å². The van der Waals surface area contributed by atoms with Crippen LogP contribution in [0.2, 0.25) is 0 Å². The fraction of sp³-hybridized carbons (Fsp3) is 0.0667. The van der Waals surface area contributed by atoms with Gasteiger partial charge in [-0.3, -0.25) is 9.78 Å². The minimum atomic E-state index is 0.0206. The van der Waals surface area contributed by atoms with Crippen molar-refractivity contribution in [2.45, 2.75) is 6.92 Å². The van der Waals surface area contributed by atoms with Gasteiger partial charge in [0.15, 0.2) is 5.78 Å². The van der Waals surface area contributed by atoms with E-state index < -0.39 is 0 Å². The fourth-order valence-corrected chi connectivity index (χ4v) is 1.96. The number of carbonyl (C=O) groups excluding carboxylic acids is 1. The predicted octanol–water partition coefficient (Wildman–Crippen LogP) is 3.82. The highest BCUT2D eigenvalue weighted by molar-refractivity contribution is 14.1. The Morgan fingerprint density at radius 1 is 1.17 bits per heavy atom. The molecule has 0 atom stereocenters. The molecule has 0 amide bonds. The van der Waals surface area contributed by atoms with Crippen LogP contribution in [0, 0.1) is 3.57 Å². The van der Waals surface area contributed by atoms with E-state index >= 15 is 0 Å². The number of halogens is 1. The van der Waals surface area contributed by atoms with Crippen molar-refractivity contribution in [3.8, 4) is 0 Å². The minimum absolute atomic E-state index is 0.0206. The number of Topliss-reactive ketones (excluding diaryl/α,β-unsaturated/α-hetero) is 1. The molecule has 1 aromatic carbocycles. The van der Waals surface area contributed by atoms with Crippen molar-refractivity contribution in [1.82, 2.24) is 4.98 Å². The third-order valence-corrected chi connectivity index (χ3v) is 3.22. The second kappa shape index (κ2) is 5.91. The van der Waals surface area contributed by atoms with Crippen molar-refractivity contribution in [3.05, 3.63) is 63.5 Å². The first kappa shape index (κ1) is 13.0. The summed E-state index contributed by atoms with van der Waals surface area (Å²) in [6.45, 7) is 1.56. The van der Waals surface area contributed by atoms with E-state index in [0.717, 1.165) is 5.56 Å². The first-order chi connectivity index (χ1) is 8.66. The van der Waals surface area contributed by atoms with E-state index in [4.69, 9.17) is 0 Å². The third-order valence-electron chi connectivity index (χ3n) is 2.50. The molecule has 18 heavy (non-hydrogen) atoms. The van der Waals surface area contributed by atoms with Gasteiger partial charge in [-0.1, -0.05) is 18.2 Å². The van der Waals surface area contributed by atoms with Gasteiger partial charge in [0.25, 0.3) is 0 Å². The van der Waals surface area contributed by atoms with Crippen LogP contribution in [-0.4, -0.2) is 10.8 Å². The van der Waals surface area contributed by atoms with Crippen LogP contribution in [0.5, 0.6) is 0 Å². The summed E-state index contributed by atoms with van der Waals surface area (Å²) in [4.78, 5) is 15.9. The molecule has 0 N–H and O–H groups in total. The van der Waals surface area contributed by atoms with Crippen molar-refractivity contribution < 1.29 is 4.79 Å². The Hall–Kier alpha value is -1.49. The van der Waals surface area contributed by atoms with Crippen molar-refractivity contribution >= 4 is 40.0 Å². The number of hydrogen-bond donors (Lipinski definition) is 0. The molecular formula is C15H12INO. The van der Waals surface area contributed by atoms with E-state index in [0.29, 0.717) is 11.3 Å². The van der Waals surface area contributed by atoms with Crippen LogP contribution in [0.3, 0.4) is 0 Å². The summed E-state index contributed by atoms with van der Waals surface area (Å²) in [5, 5.41) is 0. The molecule has 0 aliphatic heterocycles. The summed E-state index contributed by atoms with van der Waals surface area (Å²) in [5.41, 5.74) is 2.35. The van der Waals surface area contributed by atoms with E-state index in [2.05, 4.69) is 27.6 Å². The molecule has 1 aromatic heterocycles. The van der Waals surface area contributed by atoms with Crippen LogP contribution in [0.15, 0.2) is 48.7 Å². The summed E-state index contributed by atoms with van der Waals surface area (Å²) >= 11 is 2.26. The number of carbonyl (C=O) groups is 1. The quantitative estimate of drug-likeness (QED) is 0.623. The molecule has 0 unspecified atom stereocenters. The van der Waals surface area contributed by atoms with Gasteiger partial charge in [0.1, 0.15) is 0 Å². The lowest BCUT2D eigenvalue weighted by Crippen LogP contribution is -1.98. The summed E-state index contributed by atoms with van der Waals surface area (Å²) in [6.07, 6.45) is 3.57. The Labute approximate surface area is 120 Å². The SMILES string of the molecule is CC(=O)/C(=C/c1ccc(I)cc1)c1ccccn1. The van der Waals surface area contributed by atoms with Crippen LogP contribution in [0.25, 0.3) is 11.6 Å². The third kappa shape index (κ3) is 3.26. The van der Waals surface area contributed by atoms with Gasteiger partial charge in [-0.2, -0.15) is 0 Å². The standard InChI is InChI=1S/C15H12INO/c1-11(18)14(15-4-2-3-9-17-15)10-12-5-7-13(16)8-6-12/h2-10H,1H3/b14-10-. The Morgan fingerprint density at radius 3 is 2.44 bits per heavy atom. The first-order valence-electron chi connectivity index (χ1n) is 5.56. The van der Waals surface area contributed by atoms with E-state index in [-0.39, 0.29) is 5.78 Å². The Kier molecular flexibility index (Phi) is 4.25. The summed E-state index contributed by atoms with van der Waals surface area (Å²) in [6, 6.07) is 13.6. The molecule has 0 fully saturated rings. The summed E-state index contributed by atoms with van der Waals surface area (Å²) < 4.78 is 1.17. The van der Waals surface area contributed by atoms with E-state index in [1.54, 1.807) is 13.1 Å². The van der Waals surface area contributed by atoms with Crippen LogP contribution in [0.1, 0.15) is 18.2 Å². The number of ketones is 1. The average Bonchev–Trinajstić information content (AvgIpc) is 2.38. The largest absolute Gasteiger partial charge is 0.294 e. The van der Waals surface area contributed by atoms with Crippen LogP contribution >= 0.6 is 22.6 Å².